The van der Waals surface area contributed by atoms with Crippen molar-refractivity contribution < 1.29 is 38.0 Å². The zero-order valence-corrected chi connectivity index (χ0v) is 21.8. The second-order valence-electron chi connectivity index (χ2n) is 7.88. The van der Waals surface area contributed by atoms with Crippen molar-refractivity contribution in [2.75, 3.05) is 48.0 Å². The van der Waals surface area contributed by atoms with E-state index in [9.17, 15) is 9.59 Å². The van der Waals surface area contributed by atoms with Crippen LogP contribution in [-0.4, -0.2) is 64.3 Å². The summed E-state index contributed by atoms with van der Waals surface area (Å²) in [5, 5.41) is 7.70. The van der Waals surface area contributed by atoms with Gasteiger partial charge in [0.2, 0.25) is 0 Å². The summed E-state index contributed by atoms with van der Waals surface area (Å²) < 4.78 is 33.2. The van der Waals surface area contributed by atoms with Crippen LogP contribution in [0.1, 0.15) is 20.7 Å². The van der Waals surface area contributed by atoms with Crippen LogP contribution in [0.3, 0.4) is 0 Å². The van der Waals surface area contributed by atoms with Crippen LogP contribution in [0.5, 0.6) is 34.5 Å². The van der Waals surface area contributed by atoms with Crippen LogP contribution in [0.15, 0.2) is 48.5 Å². The van der Waals surface area contributed by atoms with Crippen molar-refractivity contribution in [1.82, 2.24) is 9.78 Å². The molecule has 0 fully saturated rings. The number of benzene rings is 3. The Morgan fingerprint density at radius 3 is 1.66 bits per heavy atom. The van der Waals surface area contributed by atoms with Crippen LogP contribution in [0.25, 0.3) is 10.9 Å². The Morgan fingerprint density at radius 2 is 1.11 bits per heavy atom. The van der Waals surface area contributed by atoms with Crippen molar-refractivity contribution in [1.29, 1.82) is 0 Å². The van der Waals surface area contributed by atoms with Crippen molar-refractivity contribution in [2.45, 2.75) is 0 Å². The number of amides is 1. The number of carbonyl (C=O) groups excluding carboxylic acids is 2. The van der Waals surface area contributed by atoms with E-state index in [1.807, 2.05) is 0 Å². The molecule has 0 bridgehead atoms. The third kappa shape index (κ3) is 4.73. The van der Waals surface area contributed by atoms with Crippen molar-refractivity contribution in [3.8, 4) is 34.5 Å². The molecule has 38 heavy (non-hydrogen) atoms. The number of nitrogens with zero attached hydrogens (tertiary/aromatic N) is 2. The summed E-state index contributed by atoms with van der Waals surface area (Å²) in [4.78, 5) is 26.8. The molecule has 0 atom stereocenters. The molecule has 4 aromatic rings. The zero-order valence-electron chi connectivity index (χ0n) is 21.8. The number of ether oxygens (including phenoxy) is 6. The molecule has 11 heteroatoms. The second kappa shape index (κ2) is 11.0. The van der Waals surface area contributed by atoms with E-state index < -0.39 is 11.8 Å². The molecule has 198 valence electrons. The summed E-state index contributed by atoms with van der Waals surface area (Å²) >= 11 is 0. The topological polar surface area (TPSA) is 119 Å². The number of nitrogens with one attached hydrogen (secondary N) is 1. The number of anilines is 1. The maximum Gasteiger partial charge on any atom is 0.278 e. The summed E-state index contributed by atoms with van der Waals surface area (Å²) in [5.74, 6) is 1.75. The highest BCUT2D eigenvalue weighted by Gasteiger charge is 2.23. The predicted octanol–water partition coefficient (Wildman–Crippen LogP) is 4.03. The maximum absolute atomic E-state index is 13.6. The van der Waals surface area contributed by atoms with Crippen molar-refractivity contribution in [3.63, 3.8) is 0 Å². The summed E-state index contributed by atoms with van der Waals surface area (Å²) in [7, 11) is 8.95. The molecule has 0 saturated heterocycles. The molecule has 1 N–H and O–H groups in total. The average molecular weight is 522 g/mol. The van der Waals surface area contributed by atoms with Crippen LogP contribution in [0.2, 0.25) is 0 Å². The molecule has 0 aliphatic carbocycles. The summed E-state index contributed by atoms with van der Waals surface area (Å²) in [6.07, 6.45) is 0. The van der Waals surface area contributed by atoms with Crippen molar-refractivity contribution >= 4 is 28.5 Å². The van der Waals surface area contributed by atoms with Gasteiger partial charge in [-0.3, -0.25) is 9.59 Å². The Labute approximate surface area is 218 Å². The number of hydrogen-bond donors (Lipinski definition) is 1. The van der Waals surface area contributed by atoms with Gasteiger partial charge in [0.05, 0.1) is 48.2 Å². The Balaban J connectivity index is 1.81. The Morgan fingerprint density at radius 1 is 0.632 bits per heavy atom. The summed E-state index contributed by atoms with van der Waals surface area (Å²) in [6.45, 7) is 0. The molecule has 0 aliphatic rings. The number of hydrogen-bond acceptors (Lipinski definition) is 9. The molecule has 1 heterocycles. The van der Waals surface area contributed by atoms with E-state index in [4.69, 9.17) is 28.4 Å². The quantitative estimate of drug-likeness (QED) is 0.348. The Hall–Kier alpha value is -4.93. The van der Waals surface area contributed by atoms with Gasteiger partial charge in [-0.2, -0.15) is 4.68 Å². The summed E-state index contributed by atoms with van der Waals surface area (Å²) in [5.41, 5.74) is 0.988. The molecule has 0 radical (unpaired) electrons. The molecular formula is C27H27N3O8. The third-order valence-electron chi connectivity index (χ3n) is 5.89. The lowest BCUT2D eigenvalue weighted by molar-refractivity contribution is 0.0948. The number of methoxy groups -OCH3 is 6. The molecule has 1 aromatic heterocycles. The molecule has 11 nitrogen and oxygen atoms in total. The highest BCUT2D eigenvalue weighted by molar-refractivity contribution is 6.11. The van der Waals surface area contributed by atoms with Gasteiger partial charge in [0.15, 0.2) is 40.3 Å². The van der Waals surface area contributed by atoms with Gasteiger partial charge < -0.3 is 33.7 Å². The van der Waals surface area contributed by atoms with Gasteiger partial charge in [0.25, 0.3) is 11.8 Å². The van der Waals surface area contributed by atoms with Gasteiger partial charge in [0, 0.05) is 22.6 Å². The molecule has 0 spiro atoms. The molecule has 4 rings (SSSR count). The first-order valence-electron chi connectivity index (χ1n) is 11.3. The fourth-order valence-corrected chi connectivity index (χ4v) is 3.94. The molecule has 0 unspecified atom stereocenters. The lowest BCUT2D eigenvalue weighted by Crippen LogP contribution is -2.16. The second-order valence-corrected chi connectivity index (χ2v) is 7.88. The fourth-order valence-electron chi connectivity index (χ4n) is 3.94. The Bertz CT molecular complexity index is 1510. The van der Waals surface area contributed by atoms with Crippen LogP contribution in [0.4, 0.5) is 5.82 Å². The first kappa shape index (κ1) is 26.1. The minimum atomic E-state index is -0.467. The van der Waals surface area contributed by atoms with Crippen LogP contribution in [-0.2, 0) is 0 Å². The lowest BCUT2D eigenvalue weighted by Gasteiger charge is -2.10. The standard InChI is InChI=1S/C27H27N3O8/c1-33-19-9-7-15(11-21(19)35-3)26(31)28-25-17-13-23(37-5)24(38-6)14-18(17)30(29-25)27(32)16-8-10-20(34-2)22(12-16)36-4/h7-14H,1-6H3,(H,28,29,31). The van der Waals surface area contributed by atoms with E-state index in [0.717, 1.165) is 0 Å². The van der Waals surface area contributed by atoms with E-state index in [1.54, 1.807) is 48.5 Å². The minimum absolute atomic E-state index is 0.148. The smallest absolute Gasteiger partial charge is 0.278 e. The van der Waals surface area contributed by atoms with Gasteiger partial charge in [0.1, 0.15) is 0 Å². The van der Waals surface area contributed by atoms with E-state index in [2.05, 4.69) is 10.4 Å². The third-order valence-corrected chi connectivity index (χ3v) is 5.89. The number of aromatic nitrogens is 2. The van der Waals surface area contributed by atoms with E-state index in [-0.39, 0.29) is 5.82 Å². The van der Waals surface area contributed by atoms with Crippen LogP contribution < -0.4 is 33.7 Å². The molecule has 0 aliphatic heterocycles. The molecular weight excluding hydrogens is 494 g/mol. The van der Waals surface area contributed by atoms with Crippen molar-refractivity contribution in [2.24, 2.45) is 0 Å². The van der Waals surface area contributed by atoms with Crippen LogP contribution in [0, 0.1) is 0 Å². The highest BCUT2D eigenvalue weighted by atomic mass is 16.5. The predicted molar refractivity (Wildman–Crippen MR) is 140 cm³/mol. The number of carbonyl (C=O) groups is 2. The lowest BCUT2D eigenvalue weighted by atomic mass is 10.1. The minimum Gasteiger partial charge on any atom is -0.493 e. The maximum atomic E-state index is 13.6. The van der Waals surface area contributed by atoms with E-state index >= 15 is 0 Å². The normalized spacial score (nSPS) is 10.6. The highest BCUT2D eigenvalue weighted by Crippen LogP contribution is 2.37. The molecule has 0 saturated carbocycles. The van der Waals surface area contributed by atoms with Crippen molar-refractivity contribution in [3.05, 3.63) is 59.7 Å². The van der Waals surface area contributed by atoms with E-state index in [0.29, 0.717) is 56.5 Å². The number of rotatable bonds is 9. The molecule has 1 amide bonds. The first-order chi connectivity index (χ1) is 18.4. The van der Waals surface area contributed by atoms with Gasteiger partial charge in [-0.15, -0.1) is 5.10 Å². The van der Waals surface area contributed by atoms with Gasteiger partial charge in [-0.25, -0.2) is 0 Å². The molecule has 3 aromatic carbocycles. The average Bonchev–Trinajstić information content (AvgIpc) is 3.31. The SMILES string of the molecule is COc1ccc(C(=O)Nc2nn(C(=O)c3ccc(OC)c(OC)c3)c3cc(OC)c(OC)cc23)cc1OC. The monoisotopic (exact) mass is 521 g/mol. The first-order valence-corrected chi connectivity index (χ1v) is 11.3. The van der Waals surface area contributed by atoms with Gasteiger partial charge >= 0.3 is 0 Å². The fraction of sp³-hybridized carbons (Fsp3) is 0.222. The van der Waals surface area contributed by atoms with Gasteiger partial charge in [-0.05, 0) is 42.5 Å². The zero-order chi connectivity index (χ0) is 27.4. The van der Waals surface area contributed by atoms with Gasteiger partial charge in [-0.1, -0.05) is 0 Å². The Kier molecular flexibility index (Phi) is 7.56. The number of fused-ring (bicyclic) bond motifs is 1. The van der Waals surface area contributed by atoms with Crippen LogP contribution >= 0.6 is 0 Å². The largest absolute Gasteiger partial charge is 0.493 e. The summed E-state index contributed by atoms with van der Waals surface area (Å²) in [6, 6.07) is 12.8. The van der Waals surface area contributed by atoms with E-state index in [1.165, 1.54) is 47.3 Å².